The summed E-state index contributed by atoms with van der Waals surface area (Å²) in [6.07, 6.45) is -3.85. The molecular weight excluding hydrogens is 319 g/mol. The van der Waals surface area contributed by atoms with Crippen LogP contribution >= 0.6 is 0 Å². The molecule has 0 bridgehead atoms. The number of alkyl halides is 3. The summed E-state index contributed by atoms with van der Waals surface area (Å²) < 4.78 is 40.5. The van der Waals surface area contributed by atoms with Gasteiger partial charge in [0.25, 0.3) is 11.5 Å². The molecule has 0 atom stereocenters. The number of hydrogen-bond acceptors (Lipinski definition) is 4. The highest BCUT2D eigenvalue weighted by Gasteiger charge is 2.30. The Hall–Kier alpha value is -3.04. The summed E-state index contributed by atoms with van der Waals surface area (Å²) in [6.45, 7) is 0. The van der Waals surface area contributed by atoms with Gasteiger partial charge in [0, 0.05) is 18.9 Å². The van der Waals surface area contributed by atoms with Crippen molar-refractivity contribution >= 4 is 11.6 Å². The van der Waals surface area contributed by atoms with Crippen molar-refractivity contribution in [1.29, 1.82) is 0 Å². The van der Waals surface area contributed by atoms with Crippen LogP contribution in [-0.4, -0.2) is 21.8 Å². The van der Waals surface area contributed by atoms with Gasteiger partial charge in [0.05, 0.1) is 0 Å². The van der Waals surface area contributed by atoms with E-state index in [2.05, 4.69) is 15.0 Å². The minimum Gasteiger partial charge on any atom is -0.406 e. The molecule has 10 heteroatoms. The molecule has 1 aromatic carbocycles. The summed E-state index contributed by atoms with van der Waals surface area (Å²) in [4.78, 5) is 37.1. The van der Waals surface area contributed by atoms with Crippen LogP contribution in [0.5, 0.6) is 5.75 Å². The first-order chi connectivity index (χ1) is 10.7. The Labute approximate surface area is 126 Å². The second-order valence-corrected chi connectivity index (χ2v) is 4.40. The molecule has 0 aliphatic carbocycles. The maximum Gasteiger partial charge on any atom is 0.573 e. The molecule has 23 heavy (non-hydrogen) atoms. The van der Waals surface area contributed by atoms with Gasteiger partial charge in [0.15, 0.2) is 0 Å². The molecule has 2 rings (SSSR count). The largest absolute Gasteiger partial charge is 0.573 e. The van der Waals surface area contributed by atoms with Gasteiger partial charge in [-0.3, -0.25) is 14.2 Å². The quantitative estimate of drug-likeness (QED) is 0.885. The van der Waals surface area contributed by atoms with E-state index in [1.54, 1.807) is 0 Å². The zero-order valence-electron chi connectivity index (χ0n) is 11.6. The normalized spacial score (nSPS) is 11.1. The van der Waals surface area contributed by atoms with Gasteiger partial charge < -0.3 is 15.0 Å². The Morgan fingerprint density at radius 1 is 1.22 bits per heavy atom. The van der Waals surface area contributed by atoms with Crippen molar-refractivity contribution < 1.29 is 22.7 Å². The lowest BCUT2D eigenvalue weighted by Gasteiger charge is -2.10. The van der Waals surface area contributed by atoms with Crippen LogP contribution in [0.3, 0.4) is 0 Å². The summed E-state index contributed by atoms with van der Waals surface area (Å²) in [7, 11) is 1.20. The van der Waals surface area contributed by atoms with Crippen LogP contribution in [0.2, 0.25) is 0 Å². The predicted octanol–water partition coefficient (Wildman–Crippen LogP) is 1.22. The number of ether oxygens (including phenoxy) is 1. The number of nitrogens with zero attached hydrogens (tertiary/aromatic N) is 1. The zero-order valence-corrected chi connectivity index (χ0v) is 11.6. The van der Waals surface area contributed by atoms with Crippen molar-refractivity contribution in [3.63, 3.8) is 0 Å². The monoisotopic (exact) mass is 329 g/mol. The van der Waals surface area contributed by atoms with E-state index in [1.807, 2.05) is 0 Å². The van der Waals surface area contributed by atoms with Crippen molar-refractivity contribution in [3.8, 4) is 5.75 Å². The van der Waals surface area contributed by atoms with E-state index in [0.29, 0.717) is 0 Å². The number of H-pyrrole nitrogens is 1. The number of nitrogens with one attached hydrogen (secondary N) is 2. The molecule has 0 saturated carbocycles. The minimum atomic E-state index is -4.81. The summed E-state index contributed by atoms with van der Waals surface area (Å²) >= 11 is 0. The molecule has 1 heterocycles. The standard InChI is InChI=1S/C13H10F3N3O4/c1-19-11(21)9(6-17-12(19)22)10(20)18-7-2-4-8(5-3-7)23-13(14,15)16/h2-6H,1H3,(H,17,22)(H,18,20). The molecule has 0 unspecified atom stereocenters. The van der Waals surface area contributed by atoms with Crippen LogP contribution in [0, 0.1) is 0 Å². The van der Waals surface area contributed by atoms with Gasteiger partial charge in [-0.1, -0.05) is 0 Å². The first-order valence-electron chi connectivity index (χ1n) is 6.13. The Morgan fingerprint density at radius 3 is 2.39 bits per heavy atom. The Bertz CT molecular complexity index is 837. The smallest absolute Gasteiger partial charge is 0.406 e. The van der Waals surface area contributed by atoms with Crippen molar-refractivity contribution in [3.05, 3.63) is 56.9 Å². The number of aromatic amines is 1. The summed E-state index contributed by atoms with van der Waals surface area (Å²) in [5.41, 5.74) is -1.65. The summed E-state index contributed by atoms with van der Waals surface area (Å²) in [5, 5.41) is 2.32. The molecular formula is C13H10F3N3O4. The molecule has 2 aromatic rings. The number of carbonyl (C=O) groups is 1. The van der Waals surface area contributed by atoms with Gasteiger partial charge in [-0.2, -0.15) is 0 Å². The van der Waals surface area contributed by atoms with Gasteiger partial charge >= 0.3 is 12.1 Å². The van der Waals surface area contributed by atoms with Gasteiger partial charge in [0.2, 0.25) is 0 Å². The number of benzene rings is 1. The highest BCUT2D eigenvalue weighted by atomic mass is 19.4. The average Bonchev–Trinajstić information content (AvgIpc) is 2.45. The average molecular weight is 329 g/mol. The van der Waals surface area contributed by atoms with Crippen molar-refractivity contribution in [1.82, 2.24) is 9.55 Å². The third kappa shape index (κ3) is 3.99. The van der Waals surface area contributed by atoms with E-state index in [1.165, 1.54) is 19.2 Å². The van der Waals surface area contributed by atoms with Gasteiger partial charge in [-0.15, -0.1) is 13.2 Å². The lowest BCUT2D eigenvalue weighted by atomic mass is 10.2. The molecule has 122 valence electrons. The molecule has 0 spiro atoms. The number of hydrogen-bond donors (Lipinski definition) is 2. The van der Waals surface area contributed by atoms with Crippen LogP contribution in [0.15, 0.2) is 40.1 Å². The highest BCUT2D eigenvalue weighted by molar-refractivity contribution is 6.03. The maximum absolute atomic E-state index is 12.0. The molecule has 0 aliphatic heterocycles. The predicted molar refractivity (Wildman–Crippen MR) is 73.4 cm³/mol. The molecule has 0 radical (unpaired) electrons. The molecule has 0 saturated heterocycles. The summed E-state index contributed by atoms with van der Waals surface area (Å²) in [6, 6.07) is 4.37. The van der Waals surface area contributed by atoms with E-state index >= 15 is 0 Å². The second-order valence-electron chi connectivity index (χ2n) is 4.40. The fourth-order valence-electron chi connectivity index (χ4n) is 1.67. The van der Waals surface area contributed by atoms with Crippen molar-refractivity contribution in [2.45, 2.75) is 6.36 Å². The van der Waals surface area contributed by atoms with Gasteiger partial charge in [0.1, 0.15) is 11.3 Å². The topological polar surface area (TPSA) is 93.2 Å². The van der Waals surface area contributed by atoms with Crippen LogP contribution < -0.4 is 21.3 Å². The van der Waals surface area contributed by atoms with Crippen LogP contribution in [0.1, 0.15) is 10.4 Å². The Kier molecular flexibility index (Phi) is 4.25. The fourth-order valence-corrected chi connectivity index (χ4v) is 1.67. The number of halogens is 3. The Morgan fingerprint density at radius 2 is 1.83 bits per heavy atom. The summed E-state index contributed by atoms with van der Waals surface area (Å²) in [5.74, 6) is -1.26. The third-order valence-electron chi connectivity index (χ3n) is 2.77. The number of carbonyl (C=O) groups excluding carboxylic acids is 1. The lowest BCUT2D eigenvalue weighted by Crippen LogP contribution is -2.37. The zero-order chi connectivity index (χ0) is 17.2. The number of aromatic nitrogens is 2. The van der Waals surface area contributed by atoms with E-state index in [9.17, 15) is 27.6 Å². The van der Waals surface area contributed by atoms with Gasteiger partial charge in [-0.25, -0.2) is 4.79 Å². The number of amides is 1. The molecule has 7 nitrogen and oxygen atoms in total. The van der Waals surface area contributed by atoms with E-state index in [-0.39, 0.29) is 11.3 Å². The van der Waals surface area contributed by atoms with E-state index < -0.39 is 29.3 Å². The fraction of sp³-hybridized carbons (Fsp3) is 0.154. The maximum atomic E-state index is 12.0. The first-order valence-corrected chi connectivity index (χ1v) is 6.13. The van der Waals surface area contributed by atoms with Crippen LogP contribution in [0.4, 0.5) is 18.9 Å². The minimum absolute atomic E-state index is 0.151. The molecule has 1 aromatic heterocycles. The van der Waals surface area contributed by atoms with Crippen LogP contribution in [0.25, 0.3) is 0 Å². The highest BCUT2D eigenvalue weighted by Crippen LogP contribution is 2.23. The number of rotatable bonds is 3. The van der Waals surface area contributed by atoms with Crippen molar-refractivity contribution in [2.75, 3.05) is 5.32 Å². The SMILES string of the molecule is Cn1c(=O)[nH]cc(C(=O)Nc2ccc(OC(F)(F)F)cc2)c1=O. The second kappa shape index (κ2) is 5.99. The Balaban J connectivity index is 2.17. The first kappa shape index (κ1) is 16.3. The van der Waals surface area contributed by atoms with Gasteiger partial charge in [-0.05, 0) is 24.3 Å². The van der Waals surface area contributed by atoms with E-state index in [4.69, 9.17) is 0 Å². The molecule has 1 amide bonds. The van der Waals surface area contributed by atoms with Crippen LogP contribution in [-0.2, 0) is 7.05 Å². The molecule has 0 fully saturated rings. The molecule has 2 N–H and O–H groups in total. The van der Waals surface area contributed by atoms with E-state index in [0.717, 1.165) is 22.9 Å². The number of anilines is 1. The van der Waals surface area contributed by atoms with Crippen molar-refractivity contribution in [2.24, 2.45) is 7.05 Å². The lowest BCUT2D eigenvalue weighted by molar-refractivity contribution is -0.274. The third-order valence-corrected chi connectivity index (χ3v) is 2.77. The molecule has 0 aliphatic rings.